The van der Waals surface area contributed by atoms with Gasteiger partial charge in [0.15, 0.2) is 0 Å². The average molecular weight is 311 g/mol. The molecule has 0 radical (unpaired) electrons. The molecule has 0 spiro atoms. The van der Waals surface area contributed by atoms with Gasteiger partial charge in [0.25, 0.3) is 5.56 Å². The largest absolute Gasteiger partial charge is 0.496 e. The van der Waals surface area contributed by atoms with Gasteiger partial charge in [0.1, 0.15) is 5.75 Å². The van der Waals surface area contributed by atoms with Gasteiger partial charge in [-0.25, -0.2) is 0 Å². The normalized spacial score (nSPS) is 17.3. The van der Waals surface area contributed by atoms with E-state index in [-0.39, 0.29) is 5.56 Å². The number of aromatic nitrogens is 1. The van der Waals surface area contributed by atoms with E-state index in [0.717, 1.165) is 72.5 Å². The van der Waals surface area contributed by atoms with Crippen LogP contribution in [0.15, 0.2) is 29.1 Å². The quantitative estimate of drug-likeness (QED) is 0.854. The van der Waals surface area contributed by atoms with E-state index in [9.17, 15) is 4.79 Å². The Bertz CT molecular complexity index is 830. The lowest BCUT2D eigenvalue weighted by Crippen LogP contribution is -2.23. The summed E-state index contributed by atoms with van der Waals surface area (Å²) in [6.07, 6.45) is 6.17. The summed E-state index contributed by atoms with van der Waals surface area (Å²) in [7, 11) is 1.69. The fourth-order valence-electron chi connectivity index (χ4n) is 3.56. The second-order valence-corrected chi connectivity index (χ2v) is 6.22. The zero-order valence-electron chi connectivity index (χ0n) is 13.3. The molecule has 0 unspecified atom stereocenters. The molecule has 0 saturated carbocycles. The van der Waals surface area contributed by atoms with Crippen molar-refractivity contribution in [1.29, 1.82) is 0 Å². The van der Waals surface area contributed by atoms with E-state index in [1.165, 1.54) is 0 Å². The number of H-pyrrole nitrogens is 1. The summed E-state index contributed by atoms with van der Waals surface area (Å²) in [6, 6.07) is 4.17. The summed E-state index contributed by atoms with van der Waals surface area (Å²) in [6.45, 7) is 3.70. The summed E-state index contributed by atoms with van der Waals surface area (Å²) >= 11 is 0. The zero-order valence-corrected chi connectivity index (χ0v) is 13.3. The standard InChI is InChI=1S/C18H21N3O2/c1-23-15-10-12(11-21-7-2-3-8-21)9-14-16(15)17-13(18(22)20-14)5-4-6-19-17/h2-3,9-10,19H,4-8,11H2,1H3,(H,20,22). The lowest BCUT2D eigenvalue weighted by Gasteiger charge is -2.22. The lowest BCUT2D eigenvalue weighted by molar-refractivity contribution is 0.344. The number of ether oxygens (including phenoxy) is 1. The number of rotatable bonds is 3. The first-order valence-electron chi connectivity index (χ1n) is 8.13. The van der Waals surface area contributed by atoms with Gasteiger partial charge in [-0.1, -0.05) is 12.2 Å². The van der Waals surface area contributed by atoms with Crippen LogP contribution in [0.5, 0.6) is 5.75 Å². The molecule has 0 aliphatic carbocycles. The topological polar surface area (TPSA) is 57.4 Å². The van der Waals surface area contributed by atoms with Crippen LogP contribution in [0.3, 0.4) is 0 Å². The summed E-state index contributed by atoms with van der Waals surface area (Å²) < 4.78 is 5.64. The molecule has 2 aliphatic rings. The number of hydrogen-bond donors (Lipinski definition) is 2. The van der Waals surface area contributed by atoms with Crippen LogP contribution < -0.4 is 15.6 Å². The molecule has 0 fully saturated rings. The molecule has 1 aromatic carbocycles. The number of pyridine rings is 1. The van der Waals surface area contributed by atoms with Crippen molar-refractivity contribution in [2.45, 2.75) is 19.4 Å². The van der Waals surface area contributed by atoms with Crippen LogP contribution in [0, 0.1) is 0 Å². The third kappa shape index (κ3) is 2.51. The van der Waals surface area contributed by atoms with E-state index in [1.807, 2.05) is 0 Å². The summed E-state index contributed by atoms with van der Waals surface area (Å²) in [5, 5.41) is 4.38. The molecule has 120 valence electrons. The zero-order chi connectivity index (χ0) is 15.8. The summed E-state index contributed by atoms with van der Waals surface area (Å²) in [5.41, 5.74) is 3.82. The van der Waals surface area contributed by atoms with Crippen LogP contribution in [0.1, 0.15) is 17.5 Å². The second-order valence-electron chi connectivity index (χ2n) is 6.22. The van der Waals surface area contributed by atoms with Gasteiger partial charge in [-0.3, -0.25) is 9.69 Å². The van der Waals surface area contributed by atoms with Gasteiger partial charge < -0.3 is 15.0 Å². The molecular formula is C18H21N3O2. The number of nitrogens with one attached hydrogen (secondary N) is 2. The van der Waals surface area contributed by atoms with Crippen LogP contribution in [-0.4, -0.2) is 36.6 Å². The highest BCUT2D eigenvalue weighted by Gasteiger charge is 2.20. The van der Waals surface area contributed by atoms with Crippen LogP contribution >= 0.6 is 0 Å². The Morgan fingerprint density at radius 1 is 1.26 bits per heavy atom. The van der Waals surface area contributed by atoms with Crippen LogP contribution in [0.25, 0.3) is 10.9 Å². The Hall–Kier alpha value is -2.27. The molecule has 1 aromatic heterocycles. The molecule has 2 aromatic rings. The van der Waals surface area contributed by atoms with Crippen molar-refractivity contribution in [3.8, 4) is 5.75 Å². The minimum Gasteiger partial charge on any atom is -0.496 e. The second kappa shape index (κ2) is 5.74. The Labute approximate surface area is 135 Å². The fraction of sp³-hybridized carbons (Fsp3) is 0.389. The van der Waals surface area contributed by atoms with Crippen molar-refractivity contribution in [2.75, 3.05) is 32.1 Å². The van der Waals surface area contributed by atoms with Crippen molar-refractivity contribution in [2.24, 2.45) is 0 Å². The Morgan fingerprint density at radius 3 is 2.87 bits per heavy atom. The molecule has 23 heavy (non-hydrogen) atoms. The number of anilines is 1. The monoisotopic (exact) mass is 311 g/mol. The number of methoxy groups -OCH3 is 1. The molecule has 0 bridgehead atoms. The minimum absolute atomic E-state index is 0.0155. The van der Waals surface area contributed by atoms with Crippen LogP contribution in [-0.2, 0) is 13.0 Å². The summed E-state index contributed by atoms with van der Waals surface area (Å²) in [5.74, 6) is 0.826. The third-order valence-electron chi connectivity index (χ3n) is 4.66. The Kier molecular flexibility index (Phi) is 3.58. The maximum atomic E-state index is 12.4. The van der Waals surface area contributed by atoms with Gasteiger partial charge in [-0.2, -0.15) is 0 Å². The van der Waals surface area contributed by atoms with Crippen molar-refractivity contribution in [3.05, 3.63) is 45.8 Å². The van der Waals surface area contributed by atoms with Crippen LogP contribution in [0.4, 0.5) is 5.69 Å². The van der Waals surface area contributed by atoms with E-state index in [2.05, 4.69) is 39.5 Å². The van der Waals surface area contributed by atoms with E-state index >= 15 is 0 Å². The SMILES string of the molecule is COc1cc(CN2CC=CC2)cc2[nH]c(=O)c3c(c12)NCCC3. The van der Waals surface area contributed by atoms with Gasteiger partial charge in [0, 0.05) is 31.7 Å². The first-order valence-corrected chi connectivity index (χ1v) is 8.13. The molecule has 5 nitrogen and oxygen atoms in total. The van der Waals surface area contributed by atoms with E-state index < -0.39 is 0 Å². The highest BCUT2D eigenvalue weighted by Crippen LogP contribution is 2.35. The highest BCUT2D eigenvalue weighted by molar-refractivity contribution is 5.98. The van der Waals surface area contributed by atoms with Crippen LogP contribution in [0.2, 0.25) is 0 Å². The molecule has 2 N–H and O–H groups in total. The van der Waals surface area contributed by atoms with Crippen molar-refractivity contribution in [3.63, 3.8) is 0 Å². The maximum absolute atomic E-state index is 12.4. The maximum Gasteiger partial charge on any atom is 0.253 e. The van der Waals surface area contributed by atoms with E-state index in [1.54, 1.807) is 7.11 Å². The van der Waals surface area contributed by atoms with Gasteiger partial charge in [-0.05, 0) is 30.5 Å². The smallest absolute Gasteiger partial charge is 0.253 e. The molecular weight excluding hydrogens is 290 g/mol. The average Bonchev–Trinajstić information content (AvgIpc) is 3.07. The molecule has 3 heterocycles. The molecule has 4 rings (SSSR count). The van der Waals surface area contributed by atoms with E-state index in [0.29, 0.717) is 0 Å². The van der Waals surface area contributed by atoms with Gasteiger partial charge in [-0.15, -0.1) is 0 Å². The Morgan fingerprint density at radius 2 is 2.09 bits per heavy atom. The van der Waals surface area contributed by atoms with Gasteiger partial charge >= 0.3 is 0 Å². The fourth-order valence-corrected chi connectivity index (χ4v) is 3.56. The number of aromatic amines is 1. The highest BCUT2D eigenvalue weighted by atomic mass is 16.5. The number of hydrogen-bond acceptors (Lipinski definition) is 4. The molecule has 2 aliphatic heterocycles. The third-order valence-corrected chi connectivity index (χ3v) is 4.66. The van der Waals surface area contributed by atoms with Gasteiger partial charge in [0.2, 0.25) is 0 Å². The molecule has 0 amide bonds. The van der Waals surface area contributed by atoms with Crippen molar-refractivity contribution >= 4 is 16.6 Å². The minimum atomic E-state index is 0.0155. The van der Waals surface area contributed by atoms with E-state index in [4.69, 9.17) is 4.74 Å². The Balaban J connectivity index is 1.85. The first-order chi connectivity index (χ1) is 11.3. The van der Waals surface area contributed by atoms with Crippen molar-refractivity contribution < 1.29 is 4.74 Å². The number of fused-ring (bicyclic) bond motifs is 3. The summed E-state index contributed by atoms with van der Waals surface area (Å²) in [4.78, 5) is 17.8. The predicted octanol–water partition coefficient (Wildman–Crippen LogP) is 2.27. The lowest BCUT2D eigenvalue weighted by atomic mass is 9.99. The number of benzene rings is 1. The predicted molar refractivity (Wildman–Crippen MR) is 92.3 cm³/mol. The molecule has 5 heteroatoms. The van der Waals surface area contributed by atoms with Gasteiger partial charge in [0.05, 0.1) is 23.7 Å². The first kappa shape index (κ1) is 14.3. The number of nitrogens with zero attached hydrogens (tertiary/aromatic N) is 1. The van der Waals surface area contributed by atoms with Crippen molar-refractivity contribution in [1.82, 2.24) is 9.88 Å². The molecule has 0 saturated heterocycles. The molecule has 0 atom stereocenters.